The molecule has 10 aromatic rings. The van der Waals surface area contributed by atoms with Gasteiger partial charge in [-0.15, -0.1) is 0 Å². The molecule has 1 aliphatic heterocycles. The molecule has 0 bridgehead atoms. The summed E-state index contributed by atoms with van der Waals surface area (Å²) in [5, 5.41) is 9.07. The van der Waals surface area contributed by atoms with E-state index in [4.69, 9.17) is 0 Å². The predicted octanol–water partition coefficient (Wildman–Crippen LogP) is 17.8. The Morgan fingerprint density at radius 2 is 1.09 bits per heavy atom. The summed E-state index contributed by atoms with van der Waals surface area (Å²) in [6.07, 6.45) is 4.59. The summed E-state index contributed by atoms with van der Waals surface area (Å²) in [6.45, 7) is 24.1. The van der Waals surface area contributed by atoms with Crippen molar-refractivity contribution in [1.82, 2.24) is 4.57 Å². The first-order valence-electron chi connectivity index (χ1n) is 27.1. The van der Waals surface area contributed by atoms with Crippen molar-refractivity contribution in [1.29, 1.82) is 0 Å². The van der Waals surface area contributed by atoms with E-state index in [0.717, 1.165) is 54.1 Å². The summed E-state index contributed by atoms with van der Waals surface area (Å²) in [5.41, 5.74) is 25.2. The molecule has 0 saturated heterocycles. The molecule has 3 nitrogen and oxygen atoms in total. The first kappa shape index (κ1) is 46.5. The molecule has 0 fully saturated rings. The average molecular weight is 961 g/mol. The smallest absolute Gasteiger partial charge is 0.197 e. The minimum Gasteiger partial charge on any atom is -0.355 e. The van der Waals surface area contributed by atoms with E-state index >= 15 is 0 Å². The summed E-state index contributed by atoms with van der Waals surface area (Å²) in [6, 6.07) is 64.8. The number of anilines is 5. The molecule has 4 heteroatoms. The van der Waals surface area contributed by atoms with Crippen molar-refractivity contribution in [3.05, 3.63) is 203 Å². The summed E-state index contributed by atoms with van der Waals surface area (Å²) in [5.74, 6) is 0. The molecule has 2 aliphatic carbocycles. The monoisotopic (exact) mass is 961 g/mol. The highest BCUT2D eigenvalue weighted by atomic mass is 15.1. The van der Waals surface area contributed by atoms with Crippen LogP contribution in [-0.4, -0.2) is 11.8 Å². The Morgan fingerprint density at radius 1 is 0.500 bits per heavy atom. The third-order valence-electron chi connectivity index (χ3n) is 17.9. The molecule has 9 aromatic carbocycles. The lowest BCUT2D eigenvalue weighted by molar-refractivity contribution is 0.332. The molecule has 1 N–H and O–H groups in total. The number of rotatable bonds is 7. The summed E-state index contributed by atoms with van der Waals surface area (Å²) >= 11 is 0. The highest BCUT2D eigenvalue weighted by molar-refractivity contribution is 6.73. The standard InChI is InChI=1S/C70H67BN3/c1-43-27-29-48(30-28-43)72-60-41-57-55(67(3,4)31-33-69(57,7)8)38-52(60)53-39-63(73(49-23-12-11-13-24-49)50-25-18-22-47(35-50)51-26-17-14-19-44(51)2)64-54-36-45-20-15-16-21-46(45)37-61(54)74-62-42-58-56(40-59(62)71-65(53)66(64)74)68(5,6)32-34-70(58,9)10/h11-30,35-42,72H,31-34H2,1-10H3. The molecule has 1 radical (unpaired) electrons. The minimum absolute atomic E-state index is 0.0129. The van der Waals surface area contributed by atoms with E-state index in [0.29, 0.717) is 0 Å². The topological polar surface area (TPSA) is 20.2 Å². The predicted molar refractivity (Wildman–Crippen MR) is 319 cm³/mol. The molecular weight excluding hydrogens is 894 g/mol. The second kappa shape index (κ2) is 16.6. The van der Waals surface area contributed by atoms with Gasteiger partial charge in [0.25, 0.3) is 0 Å². The van der Waals surface area contributed by atoms with Gasteiger partial charge in [0.1, 0.15) is 0 Å². The van der Waals surface area contributed by atoms with Crippen molar-refractivity contribution in [2.75, 3.05) is 10.2 Å². The highest BCUT2D eigenvalue weighted by Crippen LogP contribution is 2.53. The van der Waals surface area contributed by atoms with Crippen LogP contribution in [0.25, 0.3) is 60.5 Å². The second-order valence-corrected chi connectivity index (χ2v) is 24.7. The van der Waals surface area contributed by atoms with Crippen LogP contribution in [0.5, 0.6) is 0 Å². The lowest BCUT2D eigenvalue weighted by Gasteiger charge is -2.43. The van der Waals surface area contributed by atoms with Crippen LogP contribution in [0.2, 0.25) is 0 Å². The summed E-state index contributed by atoms with van der Waals surface area (Å²) in [4.78, 5) is 2.55. The Balaban J connectivity index is 1.22. The molecule has 365 valence electrons. The molecule has 2 heterocycles. The minimum atomic E-state index is -0.0129. The van der Waals surface area contributed by atoms with Crippen LogP contribution < -0.4 is 21.1 Å². The number of hydrogen-bond acceptors (Lipinski definition) is 2. The first-order valence-corrected chi connectivity index (χ1v) is 27.1. The number of aryl methyl sites for hydroxylation is 2. The van der Waals surface area contributed by atoms with Crippen LogP contribution in [-0.2, 0) is 21.7 Å². The fourth-order valence-corrected chi connectivity index (χ4v) is 13.2. The largest absolute Gasteiger partial charge is 0.355 e. The number of benzene rings is 9. The Morgan fingerprint density at radius 3 is 1.78 bits per heavy atom. The fraction of sp³-hybridized carbons (Fsp3) is 0.257. The van der Waals surface area contributed by atoms with Gasteiger partial charge in [-0.25, -0.2) is 0 Å². The molecule has 0 spiro atoms. The van der Waals surface area contributed by atoms with E-state index in [-0.39, 0.29) is 21.7 Å². The number of hydrogen-bond donors (Lipinski definition) is 1. The quantitative estimate of drug-likeness (QED) is 0.161. The molecule has 3 aliphatic rings. The number of para-hydroxylation sites is 1. The molecule has 0 saturated carbocycles. The van der Waals surface area contributed by atoms with Gasteiger partial charge >= 0.3 is 0 Å². The Bertz CT molecular complexity index is 3920. The van der Waals surface area contributed by atoms with Crippen molar-refractivity contribution in [2.24, 2.45) is 0 Å². The third kappa shape index (κ3) is 7.37. The van der Waals surface area contributed by atoms with Gasteiger partial charge in [0.05, 0.1) is 16.7 Å². The van der Waals surface area contributed by atoms with Crippen LogP contribution in [0.15, 0.2) is 170 Å². The zero-order valence-corrected chi connectivity index (χ0v) is 45.0. The van der Waals surface area contributed by atoms with Crippen molar-refractivity contribution in [3.8, 4) is 27.9 Å². The summed E-state index contributed by atoms with van der Waals surface area (Å²) < 4.78 is 2.68. The third-order valence-corrected chi connectivity index (χ3v) is 17.9. The highest BCUT2D eigenvalue weighted by Gasteiger charge is 2.41. The number of nitrogens with zero attached hydrogens (tertiary/aromatic N) is 2. The van der Waals surface area contributed by atoms with E-state index < -0.39 is 0 Å². The molecule has 0 amide bonds. The van der Waals surface area contributed by atoms with Gasteiger partial charge in [-0.05, 0) is 195 Å². The van der Waals surface area contributed by atoms with Crippen molar-refractivity contribution in [3.63, 3.8) is 0 Å². The van der Waals surface area contributed by atoms with E-state index in [1.807, 2.05) is 0 Å². The van der Waals surface area contributed by atoms with Gasteiger partial charge in [0, 0.05) is 44.8 Å². The number of aromatic nitrogens is 1. The maximum atomic E-state index is 4.08. The molecule has 74 heavy (non-hydrogen) atoms. The van der Waals surface area contributed by atoms with E-state index in [1.165, 1.54) is 105 Å². The maximum absolute atomic E-state index is 4.08. The molecule has 0 unspecified atom stereocenters. The van der Waals surface area contributed by atoms with E-state index in [1.54, 1.807) is 0 Å². The fourth-order valence-electron chi connectivity index (χ4n) is 13.2. The maximum Gasteiger partial charge on any atom is 0.197 e. The lowest BCUT2D eigenvalue weighted by atomic mass is 9.55. The molecular formula is C70H67BN3. The Kier molecular flexibility index (Phi) is 10.4. The zero-order chi connectivity index (χ0) is 51.1. The van der Waals surface area contributed by atoms with Crippen LogP contribution in [0, 0.1) is 13.8 Å². The van der Waals surface area contributed by atoms with Crippen LogP contribution in [0.3, 0.4) is 0 Å². The normalized spacial score (nSPS) is 16.6. The van der Waals surface area contributed by atoms with Gasteiger partial charge < -0.3 is 14.8 Å². The molecule has 1 aromatic heterocycles. The second-order valence-electron chi connectivity index (χ2n) is 24.7. The van der Waals surface area contributed by atoms with Crippen molar-refractivity contribution in [2.45, 2.75) is 117 Å². The van der Waals surface area contributed by atoms with Crippen LogP contribution in [0.4, 0.5) is 28.4 Å². The van der Waals surface area contributed by atoms with Gasteiger partial charge in [-0.3, -0.25) is 0 Å². The first-order chi connectivity index (χ1) is 35.5. The molecule has 13 rings (SSSR count). The Hall–Kier alpha value is -7.30. The Labute approximate surface area is 439 Å². The van der Waals surface area contributed by atoms with E-state index in [9.17, 15) is 0 Å². The average Bonchev–Trinajstić information content (AvgIpc) is 3.73. The van der Waals surface area contributed by atoms with Crippen molar-refractivity contribution >= 4 is 79.2 Å². The zero-order valence-electron chi connectivity index (χ0n) is 45.0. The van der Waals surface area contributed by atoms with Gasteiger partial charge in [0.2, 0.25) is 0 Å². The number of fused-ring (bicyclic) bond motifs is 8. The van der Waals surface area contributed by atoms with Gasteiger partial charge in [-0.1, -0.05) is 163 Å². The van der Waals surface area contributed by atoms with Crippen LogP contribution in [0.1, 0.15) is 114 Å². The van der Waals surface area contributed by atoms with Gasteiger partial charge in [0.15, 0.2) is 7.28 Å². The summed E-state index contributed by atoms with van der Waals surface area (Å²) in [7, 11) is 2.57. The number of nitrogens with one attached hydrogen (secondary N) is 1. The lowest BCUT2D eigenvalue weighted by Crippen LogP contribution is -2.41. The van der Waals surface area contributed by atoms with E-state index in [2.05, 4.69) is 261 Å². The molecule has 0 atom stereocenters. The van der Waals surface area contributed by atoms with Gasteiger partial charge in [-0.2, -0.15) is 0 Å². The van der Waals surface area contributed by atoms with Crippen LogP contribution >= 0.6 is 0 Å². The van der Waals surface area contributed by atoms with Crippen molar-refractivity contribution < 1.29 is 0 Å². The SMILES string of the molecule is Cc1ccc(Nc2cc3c(cc2-c2cc(N(c4ccccc4)c4cccc(-c5ccccc5C)c4)c4c5cc6ccccc6cc5n5c4c2[B]c2cc4c(cc2-5)C(C)(C)CCC4(C)C)C(C)(C)CCC3(C)C)cc1.